The van der Waals surface area contributed by atoms with Gasteiger partial charge in [0.05, 0.1) is 11.3 Å². The predicted molar refractivity (Wildman–Crippen MR) is 118 cm³/mol. The van der Waals surface area contributed by atoms with Gasteiger partial charge in [0.15, 0.2) is 0 Å². The summed E-state index contributed by atoms with van der Waals surface area (Å²) in [6, 6.07) is 9.43. The molecule has 154 valence electrons. The van der Waals surface area contributed by atoms with Crippen molar-refractivity contribution >= 4 is 40.4 Å². The number of piperidine rings is 1. The highest BCUT2D eigenvalue weighted by atomic mass is 35.5. The molecule has 1 atom stereocenters. The normalized spacial score (nSPS) is 20.2. The molecule has 7 heteroatoms. The predicted octanol–water partition coefficient (Wildman–Crippen LogP) is 4.17. The Morgan fingerprint density at radius 2 is 2.14 bits per heavy atom. The largest absolute Gasteiger partial charge is 0.352 e. The number of carbonyl (C=O) groups is 2. The highest BCUT2D eigenvalue weighted by Crippen LogP contribution is 2.29. The van der Waals surface area contributed by atoms with Gasteiger partial charge in [0.25, 0.3) is 5.91 Å². The average molecular weight is 432 g/mol. The molecule has 2 aromatic rings. The van der Waals surface area contributed by atoms with Crippen molar-refractivity contribution in [1.82, 2.24) is 10.2 Å². The number of halogens is 1. The first-order valence-corrected chi connectivity index (χ1v) is 11.5. The molecule has 0 radical (unpaired) electrons. The van der Waals surface area contributed by atoms with E-state index in [9.17, 15) is 9.59 Å². The maximum Gasteiger partial charge on any atom is 0.253 e. The van der Waals surface area contributed by atoms with Crippen molar-refractivity contribution in [2.24, 2.45) is 5.92 Å². The van der Waals surface area contributed by atoms with Crippen molar-refractivity contribution in [3.05, 3.63) is 51.2 Å². The van der Waals surface area contributed by atoms with Gasteiger partial charge in [-0.05, 0) is 61.4 Å². The third-order valence-electron chi connectivity index (χ3n) is 5.68. The Hall–Kier alpha value is -1.89. The second-order valence-corrected chi connectivity index (χ2v) is 9.31. The smallest absolute Gasteiger partial charge is 0.253 e. The van der Waals surface area contributed by atoms with Gasteiger partial charge < -0.3 is 10.2 Å². The zero-order valence-corrected chi connectivity index (χ0v) is 18.0. The van der Waals surface area contributed by atoms with Crippen LogP contribution in [0.4, 0.5) is 5.69 Å². The summed E-state index contributed by atoms with van der Waals surface area (Å²) in [5, 5.41) is 5.75. The van der Waals surface area contributed by atoms with Crippen LogP contribution in [0.2, 0.25) is 5.02 Å². The Bertz CT molecular complexity index is 871. The van der Waals surface area contributed by atoms with Crippen molar-refractivity contribution < 1.29 is 9.59 Å². The van der Waals surface area contributed by atoms with E-state index < -0.39 is 0 Å². The standard InChI is InChI=1S/C22H26ClN3O2S/c23-17-7-8-19(20(12-17)26-10-2-6-21(26)27)22(28)24-13-16-4-1-9-25(14-16)15-18-5-3-11-29-18/h3,5,7-8,11-12,16H,1-2,4,6,9-10,13-15H2,(H,24,28). The van der Waals surface area contributed by atoms with Gasteiger partial charge in [0, 0.05) is 42.5 Å². The molecule has 5 nitrogen and oxygen atoms in total. The molecule has 2 aliphatic rings. The fraction of sp³-hybridized carbons (Fsp3) is 0.455. The molecule has 1 aromatic heterocycles. The van der Waals surface area contributed by atoms with Crippen LogP contribution in [0, 0.1) is 5.92 Å². The number of hydrogen-bond acceptors (Lipinski definition) is 4. The number of anilines is 1. The van der Waals surface area contributed by atoms with Crippen molar-refractivity contribution in [2.75, 3.05) is 31.1 Å². The quantitative estimate of drug-likeness (QED) is 0.746. The highest BCUT2D eigenvalue weighted by Gasteiger charge is 2.27. The number of likely N-dealkylation sites (tertiary alicyclic amines) is 1. The van der Waals surface area contributed by atoms with Gasteiger partial charge in [-0.25, -0.2) is 0 Å². The molecule has 0 spiro atoms. The van der Waals surface area contributed by atoms with Crippen LogP contribution in [0.15, 0.2) is 35.7 Å². The van der Waals surface area contributed by atoms with Gasteiger partial charge in [-0.15, -0.1) is 11.3 Å². The van der Waals surface area contributed by atoms with E-state index in [0.29, 0.717) is 41.7 Å². The van der Waals surface area contributed by atoms with E-state index >= 15 is 0 Å². The maximum absolute atomic E-state index is 12.9. The molecule has 2 aliphatic heterocycles. The van der Waals surface area contributed by atoms with Crippen molar-refractivity contribution in [3.63, 3.8) is 0 Å². The van der Waals surface area contributed by atoms with Crippen molar-refractivity contribution in [2.45, 2.75) is 32.2 Å². The zero-order chi connectivity index (χ0) is 20.2. The fourth-order valence-corrected chi connectivity index (χ4v) is 5.15. The minimum atomic E-state index is -0.133. The number of nitrogens with one attached hydrogen (secondary N) is 1. The molecule has 4 rings (SSSR count). The molecular formula is C22H26ClN3O2S. The lowest BCUT2D eigenvalue weighted by Crippen LogP contribution is -2.40. The van der Waals surface area contributed by atoms with E-state index in [-0.39, 0.29) is 11.8 Å². The summed E-state index contributed by atoms with van der Waals surface area (Å²) >= 11 is 7.94. The van der Waals surface area contributed by atoms with E-state index in [1.165, 1.54) is 4.88 Å². The second-order valence-electron chi connectivity index (χ2n) is 7.84. The van der Waals surface area contributed by atoms with Gasteiger partial charge in [-0.3, -0.25) is 14.5 Å². The number of carbonyl (C=O) groups excluding carboxylic acids is 2. The van der Waals surface area contributed by atoms with Gasteiger partial charge in [-0.2, -0.15) is 0 Å². The Morgan fingerprint density at radius 1 is 1.24 bits per heavy atom. The number of thiophene rings is 1. The van der Waals surface area contributed by atoms with Crippen LogP contribution in [-0.4, -0.2) is 42.9 Å². The molecule has 0 aliphatic carbocycles. The zero-order valence-electron chi connectivity index (χ0n) is 16.4. The molecule has 2 amide bonds. The number of nitrogens with zero attached hydrogens (tertiary/aromatic N) is 2. The first kappa shape index (κ1) is 20.4. The third-order valence-corrected chi connectivity index (χ3v) is 6.78. The molecule has 29 heavy (non-hydrogen) atoms. The number of rotatable bonds is 6. The molecule has 2 fully saturated rings. The van der Waals surface area contributed by atoms with Gasteiger partial charge in [-0.1, -0.05) is 17.7 Å². The lowest BCUT2D eigenvalue weighted by atomic mass is 9.97. The summed E-state index contributed by atoms with van der Waals surface area (Å²) in [4.78, 5) is 30.6. The number of hydrogen-bond donors (Lipinski definition) is 1. The second kappa shape index (κ2) is 9.28. The van der Waals surface area contributed by atoms with Crippen LogP contribution in [0.3, 0.4) is 0 Å². The van der Waals surface area contributed by atoms with E-state index in [2.05, 4.69) is 27.7 Å². The SMILES string of the molecule is O=C(NCC1CCCN(Cc2cccs2)C1)c1ccc(Cl)cc1N1CCCC1=O. The summed E-state index contributed by atoms with van der Waals surface area (Å²) in [5.41, 5.74) is 1.15. The lowest BCUT2D eigenvalue weighted by Gasteiger charge is -2.32. The molecular weight excluding hydrogens is 406 g/mol. The molecule has 1 N–H and O–H groups in total. The van der Waals surface area contributed by atoms with Crippen molar-refractivity contribution in [3.8, 4) is 0 Å². The Balaban J connectivity index is 1.38. The van der Waals surface area contributed by atoms with Crippen LogP contribution >= 0.6 is 22.9 Å². The molecule has 0 bridgehead atoms. The van der Waals surface area contributed by atoms with Crippen molar-refractivity contribution in [1.29, 1.82) is 0 Å². The Labute approximate surface area is 180 Å². The first-order valence-electron chi connectivity index (χ1n) is 10.2. The van der Waals surface area contributed by atoms with E-state index in [1.54, 1.807) is 34.4 Å². The highest BCUT2D eigenvalue weighted by molar-refractivity contribution is 7.09. The summed E-state index contributed by atoms with van der Waals surface area (Å²) in [5.74, 6) is 0.362. The maximum atomic E-state index is 12.9. The summed E-state index contributed by atoms with van der Waals surface area (Å²) < 4.78 is 0. The van der Waals surface area contributed by atoms with E-state index in [1.807, 2.05) is 0 Å². The van der Waals surface area contributed by atoms with Crippen LogP contribution < -0.4 is 10.2 Å². The van der Waals surface area contributed by atoms with Gasteiger partial charge in [0.1, 0.15) is 0 Å². The first-order chi connectivity index (χ1) is 14.1. The topological polar surface area (TPSA) is 52.7 Å². The van der Waals surface area contributed by atoms with Gasteiger partial charge >= 0.3 is 0 Å². The molecule has 0 saturated carbocycles. The average Bonchev–Trinajstić information content (AvgIpc) is 3.38. The molecule has 1 aromatic carbocycles. The number of benzene rings is 1. The summed E-state index contributed by atoms with van der Waals surface area (Å²) in [6.45, 7) is 4.38. The van der Waals surface area contributed by atoms with Crippen LogP contribution in [0.1, 0.15) is 40.9 Å². The van der Waals surface area contributed by atoms with Crippen LogP contribution in [0.25, 0.3) is 0 Å². The van der Waals surface area contributed by atoms with Crippen LogP contribution in [0.5, 0.6) is 0 Å². The third kappa shape index (κ3) is 5.00. The minimum Gasteiger partial charge on any atom is -0.352 e. The van der Waals surface area contributed by atoms with E-state index in [0.717, 1.165) is 38.9 Å². The monoisotopic (exact) mass is 431 g/mol. The number of amides is 2. The Morgan fingerprint density at radius 3 is 2.90 bits per heavy atom. The van der Waals surface area contributed by atoms with Crippen LogP contribution in [-0.2, 0) is 11.3 Å². The summed E-state index contributed by atoms with van der Waals surface area (Å²) in [7, 11) is 0. The Kier molecular flexibility index (Phi) is 6.53. The molecule has 2 saturated heterocycles. The van der Waals surface area contributed by atoms with E-state index in [4.69, 9.17) is 11.6 Å². The van der Waals surface area contributed by atoms with Gasteiger partial charge in [0.2, 0.25) is 5.91 Å². The molecule has 3 heterocycles. The fourth-order valence-electron chi connectivity index (χ4n) is 4.24. The molecule has 1 unspecified atom stereocenters. The summed E-state index contributed by atoms with van der Waals surface area (Å²) in [6.07, 6.45) is 3.62. The lowest BCUT2D eigenvalue weighted by molar-refractivity contribution is -0.117. The minimum absolute atomic E-state index is 0.0535.